The van der Waals surface area contributed by atoms with E-state index in [0.717, 1.165) is 24.2 Å². The zero-order valence-electron chi connectivity index (χ0n) is 11.9. The second-order valence-corrected chi connectivity index (χ2v) is 4.76. The summed E-state index contributed by atoms with van der Waals surface area (Å²) in [5.41, 5.74) is 7.47. The lowest BCUT2D eigenvalue weighted by Crippen LogP contribution is -2.27. The molecule has 0 aliphatic heterocycles. The molecule has 0 fully saturated rings. The Morgan fingerprint density at radius 2 is 1.90 bits per heavy atom. The number of benzene rings is 1. The predicted molar refractivity (Wildman–Crippen MR) is 84.9 cm³/mol. The number of nitrogens with zero attached hydrogens (tertiary/aromatic N) is 1. The monoisotopic (exact) mass is 284 g/mol. The minimum absolute atomic E-state index is 0.0513. The Morgan fingerprint density at radius 3 is 2.62 bits per heavy atom. The summed E-state index contributed by atoms with van der Waals surface area (Å²) < 4.78 is 0. The molecule has 21 heavy (non-hydrogen) atoms. The average Bonchev–Trinajstić information content (AvgIpc) is 2.50. The van der Waals surface area contributed by atoms with Crippen LogP contribution in [-0.2, 0) is 11.2 Å². The fourth-order valence-electron chi connectivity index (χ4n) is 1.90. The van der Waals surface area contributed by atoms with Crippen LogP contribution < -0.4 is 16.4 Å². The van der Waals surface area contributed by atoms with E-state index in [4.69, 9.17) is 5.73 Å². The molecule has 0 radical (unpaired) electrons. The zero-order valence-corrected chi connectivity index (χ0v) is 11.9. The molecule has 4 N–H and O–H groups in total. The molecule has 0 spiro atoms. The molecule has 0 aliphatic carbocycles. The molecular formula is C16H20N4O. The molecule has 5 heteroatoms. The Balaban J connectivity index is 1.59. The van der Waals surface area contributed by atoms with Crippen molar-refractivity contribution in [3.05, 3.63) is 54.2 Å². The van der Waals surface area contributed by atoms with Gasteiger partial charge in [0, 0.05) is 13.1 Å². The van der Waals surface area contributed by atoms with Crippen LogP contribution in [0, 0.1) is 0 Å². The van der Waals surface area contributed by atoms with Crippen LogP contribution in [0.5, 0.6) is 0 Å². The van der Waals surface area contributed by atoms with E-state index in [0.29, 0.717) is 18.8 Å². The first-order chi connectivity index (χ1) is 10.2. The van der Waals surface area contributed by atoms with Crippen LogP contribution in [0.3, 0.4) is 0 Å². The third-order valence-corrected chi connectivity index (χ3v) is 3.00. The molecule has 0 aliphatic rings. The molecule has 5 nitrogen and oxygen atoms in total. The second-order valence-electron chi connectivity index (χ2n) is 4.76. The normalized spacial score (nSPS) is 10.1. The largest absolute Gasteiger partial charge is 0.384 e. The SMILES string of the molecule is Nc1ccc(NCCCNC(=O)Cc2ccccc2)cn1. The van der Waals surface area contributed by atoms with Crippen molar-refractivity contribution in [2.75, 3.05) is 24.1 Å². The number of nitrogens with two attached hydrogens (primary N) is 1. The van der Waals surface area contributed by atoms with Crippen molar-refractivity contribution in [1.29, 1.82) is 0 Å². The molecule has 0 unspecified atom stereocenters. The predicted octanol–water partition coefficient (Wildman–Crippen LogP) is 1.82. The van der Waals surface area contributed by atoms with Gasteiger partial charge >= 0.3 is 0 Å². The van der Waals surface area contributed by atoms with Crippen molar-refractivity contribution in [3.8, 4) is 0 Å². The van der Waals surface area contributed by atoms with Gasteiger partial charge in [0.2, 0.25) is 5.91 Å². The lowest BCUT2D eigenvalue weighted by atomic mass is 10.1. The highest BCUT2D eigenvalue weighted by atomic mass is 16.1. The van der Waals surface area contributed by atoms with E-state index in [1.165, 1.54) is 0 Å². The number of hydrogen-bond acceptors (Lipinski definition) is 4. The van der Waals surface area contributed by atoms with E-state index in [1.807, 2.05) is 36.4 Å². The minimum atomic E-state index is 0.0513. The molecule has 110 valence electrons. The number of amides is 1. The number of pyridine rings is 1. The fraction of sp³-hybridized carbons (Fsp3) is 0.250. The number of aromatic nitrogens is 1. The molecular weight excluding hydrogens is 264 g/mol. The quantitative estimate of drug-likeness (QED) is 0.678. The molecule has 0 atom stereocenters. The molecule has 1 amide bonds. The summed E-state index contributed by atoms with van der Waals surface area (Å²) in [5.74, 6) is 0.559. The van der Waals surface area contributed by atoms with Crippen LogP contribution in [0.25, 0.3) is 0 Å². The van der Waals surface area contributed by atoms with Gasteiger partial charge in [0.1, 0.15) is 5.82 Å². The molecule has 0 saturated heterocycles. The number of nitrogen functional groups attached to an aromatic ring is 1. The molecule has 0 bridgehead atoms. The summed E-state index contributed by atoms with van der Waals surface area (Å²) in [6.07, 6.45) is 2.98. The van der Waals surface area contributed by atoms with Crippen LogP contribution in [-0.4, -0.2) is 24.0 Å². The highest BCUT2D eigenvalue weighted by molar-refractivity contribution is 5.78. The van der Waals surface area contributed by atoms with Crippen LogP contribution in [0.4, 0.5) is 11.5 Å². The Labute approximate surface area is 124 Å². The maximum absolute atomic E-state index is 11.7. The number of anilines is 2. The Hall–Kier alpha value is -2.56. The number of carbonyl (C=O) groups is 1. The van der Waals surface area contributed by atoms with Crippen molar-refractivity contribution < 1.29 is 4.79 Å². The van der Waals surface area contributed by atoms with Gasteiger partial charge in [-0.2, -0.15) is 0 Å². The Morgan fingerprint density at radius 1 is 1.10 bits per heavy atom. The van der Waals surface area contributed by atoms with E-state index in [1.54, 1.807) is 12.3 Å². The molecule has 0 saturated carbocycles. The van der Waals surface area contributed by atoms with Crippen molar-refractivity contribution in [1.82, 2.24) is 10.3 Å². The highest BCUT2D eigenvalue weighted by Gasteiger charge is 2.01. The van der Waals surface area contributed by atoms with Crippen LogP contribution in [0.2, 0.25) is 0 Å². The van der Waals surface area contributed by atoms with E-state index < -0.39 is 0 Å². The van der Waals surface area contributed by atoms with Gasteiger partial charge in [-0.1, -0.05) is 30.3 Å². The van der Waals surface area contributed by atoms with Gasteiger partial charge in [-0.15, -0.1) is 0 Å². The summed E-state index contributed by atoms with van der Waals surface area (Å²) in [5, 5.41) is 6.14. The zero-order chi connectivity index (χ0) is 14.9. The summed E-state index contributed by atoms with van der Waals surface area (Å²) in [6, 6.07) is 13.4. The van der Waals surface area contributed by atoms with E-state index in [9.17, 15) is 4.79 Å². The number of carbonyl (C=O) groups excluding carboxylic acids is 1. The van der Waals surface area contributed by atoms with Gasteiger partial charge in [0.05, 0.1) is 18.3 Å². The molecule has 2 rings (SSSR count). The first-order valence-electron chi connectivity index (χ1n) is 7.00. The first-order valence-corrected chi connectivity index (χ1v) is 7.00. The molecule has 1 heterocycles. The van der Waals surface area contributed by atoms with Crippen molar-refractivity contribution in [3.63, 3.8) is 0 Å². The Kier molecular flexibility index (Phi) is 5.58. The number of nitrogens with one attached hydrogen (secondary N) is 2. The summed E-state index contributed by atoms with van der Waals surface area (Å²) in [6.45, 7) is 1.43. The average molecular weight is 284 g/mol. The first kappa shape index (κ1) is 14.8. The van der Waals surface area contributed by atoms with Crippen molar-refractivity contribution in [2.24, 2.45) is 0 Å². The van der Waals surface area contributed by atoms with Gasteiger partial charge in [-0.05, 0) is 24.1 Å². The summed E-state index contributed by atoms with van der Waals surface area (Å²) in [7, 11) is 0. The van der Waals surface area contributed by atoms with Crippen LogP contribution in [0.1, 0.15) is 12.0 Å². The van der Waals surface area contributed by atoms with Gasteiger partial charge in [0.25, 0.3) is 0 Å². The third kappa shape index (κ3) is 5.52. The maximum Gasteiger partial charge on any atom is 0.224 e. The summed E-state index contributed by atoms with van der Waals surface area (Å²) in [4.78, 5) is 15.7. The van der Waals surface area contributed by atoms with Gasteiger partial charge in [0.15, 0.2) is 0 Å². The number of hydrogen-bond donors (Lipinski definition) is 3. The lowest BCUT2D eigenvalue weighted by molar-refractivity contribution is -0.120. The number of rotatable bonds is 7. The van der Waals surface area contributed by atoms with E-state index >= 15 is 0 Å². The van der Waals surface area contributed by atoms with E-state index in [-0.39, 0.29) is 5.91 Å². The van der Waals surface area contributed by atoms with Crippen LogP contribution in [0.15, 0.2) is 48.7 Å². The highest BCUT2D eigenvalue weighted by Crippen LogP contribution is 2.06. The second kappa shape index (κ2) is 7.89. The fourth-order valence-corrected chi connectivity index (χ4v) is 1.90. The van der Waals surface area contributed by atoms with Crippen molar-refractivity contribution >= 4 is 17.4 Å². The summed E-state index contributed by atoms with van der Waals surface area (Å²) >= 11 is 0. The Bertz CT molecular complexity index is 554. The van der Waals surface area contributed by atoms with Gasteiger partial charge < -0.3 is 16.4 Å². The van der Waals surface area contributed by atoms with Crippen molar-refractivity contribution in [2.45, 2.75) is 12.8 Å². The van der Waals surface area contributed by atoms with Crippen LogP contribution >= 0.6 is 0 Å². The van der Waals surface area contributed by atoms with Gasteiger partial charge in [-0.25, -0.2) is 4.98 Å². The maximum atomic E-state index is 11.7. The molecule has 1 aromatic carbocycles. The minimum Gasteiger partial charge on any atom is -0.384 e. The standard InChI is InChI=1S/C16H20N4O/c17-15-8-7-14(12-20-15)18-9-4-10-19-16(21)11-13-5-2-1-3-6-13/h1-3,5-8,12,18H,4,9-11H2,(H2,17,20)(H,19,21). The van der Waals surface area contributed by atoms with E-state index in [2.05, 4.69) is 15.6 Å². The van der Waals surface area contributed by atoms with Gasteiger partial charge in [-0.3, -0.25) is 4.79 Å². The molecule has 2 aromatic rings. The molecule has 1 aromatic heterocycles. The lowest BCUT2D eigenvalue weighted by Gasteiger charge is -2.07. The topological polar surface area (TPSA) is 80.0 Å². The smallest absolute Gasteiger partial charge is 0.224 e. The third-order valence-electron chi connectivity index (χ3n) is 3.00.